The molecule has 0 aliphatic carbocycles. The summed E-state index contributed by atoms with van der Waals surface area (Å²) in [5, 5.41) is 3.73. The summed E-state index contributed by atoms with van der Waals surface area (Å²) in [6.45, 7) is 6.26. The van der Waals surface area contributed by atoms with Gasteiger partial charge in [-0.1, -0.05) is 54.2 Å². The van der Waals surface area contributed by atoms with Gasteiger partial charge in [0.15, 0.2) is 5.16 Å². The second-order valence-electron chi connectivity index (χ2n) is 8.71. The van der Waals surface area contributed by atoms with E-state index in [1.807, 2.05) is 37.3 Å². The van der Waals surface area contributed by atoms with Gasteiger partial charge in [-0.2, -0.15) is 0 Å². The van der Waals surface area contributed by atoms with Crippen LogP contribution < -0.4 is 10.2 Å². The Hall–Kier alpha value is -2.90. The van der Waals surface area contributed by atoms with Gasteiger partial charge >= 0.3 is 0 Å². The predicted molar refractivity (Wildman–Crippen MR) is 137 cm³/mol. The minimum absolute atomic E-state index is 0.0571. The van der Waals surface area contributed by atoms with E-state index in [1.165, 1.54) is 5.56 Å². The molecule has 1 saturated heterocycles. The molecule has 1 N–H and O–H groups in total. The first-order valence-corrected chi connectivity index (χ1v) is 12.7. The average Bonchev–Trinajstić information content (AvgIpc) is 3.38. The Labute approximate surface area is 206 Å². The van der Waals surface area contributed by atoms with Crippen LogP contribution in [-0.2, 0) is 17.0 Å². The van der Waals surface area contributed by atoms with Crippen LogP contribution in [0, 0.1) is 13.8 Å². The summed E-state index contributed by atoms with van der Waals surface area (Å²) >= 11 is 1.61. The molecule has 1 fully saturated rings. The molecule has 1 aliphatic rings. The Morgan fingerprint density at radius 3 is 2.56 bits per heavy atom. The van der Waals surface area contributed by atoms with Crippen molar-refractivity contribution in [1.29, 1.82) is 0 Å². The summed E-state index contributed by atoms with van der Waals surface area (Å²) in [5.41, 5.74) is 5.13. The fourth-order valence-electron chi connectivity index (χ4n) is 3.97. The predicted octanol–water partition coefficient (Wildman–Crippen LogP) is 4.93. The van der Waals surface area contributed by atoms with E-state index in [2.05, 4.69) is 48.5 Å². The van der Waals surface area contributed by atoms with E-state index in [0.29, 0.717) is 12.1 Å². The Morgan fingerprint density at radius 2 is 1.85 bits per heavy atom. The zero-order chi connectivity index (χ0) is 23.9. The van der Waals surface area contributed by atoms with E-state index in [9.17, 15) is 4.79 Å². The highest BCUT2D eigenvalue weighted by atomic mass is 32.2. The molecular formula is C27H32N4O2S. The van der Waals surface area contributed by atoms with E-state index in [1.54, 1.807) is 11.8 Å². The number of anilines is 1. The molecule has 6 nitrogen and oxygen atoms in total. The fourth-order valence-corrected chi connectivity index (χ4v) is 4.81. The summed E-state index contributed by atoms with van der Waals surface area (Å²) in [6.07, 6.45) is 2.23. The van der Waals surface area contributed by atoms with Crippen molar-refractivity contribution >= 4 is 23.5 Å². The maximum atomic E-state index is 12.4. The molecule has 1 amide bonds. The number of hydrogen-bond acceptors (Lipinski definition) is 6. The third-order valence-electron chi connectivity index (χ3n) is 6.07. The Kier molecular flexibility index (Phi) is 8.19. The Bertz CT molecular complexity index is 1100. The van der Waals surface area contributed by atoms with Gasteiger partial charge in [0.1, 0.15) is 5.82 Å². The molecule has 34 heavy (non-hydrogen) atoms. The Morgan fingerprint density at radius 1 is 1.09 bits per heavy atom. The lowest BCUT2D eigenvalue weighted by Gasteiger charge is -2.21. The van der Waals surface area contributed by atoms with Gasteiger partial charge in [0.2, 0.25) is 0 Å². The summed E-state index contributed by atoms with van der Waals surface area (Å²) in [7, 11) is 2.07. The van der Waals surface area contributed by atoms with Crippen molar-refractivity contribution in [3.05, 3.63) is 82.5 Å². The van der Waals surface area contributed by atoms with Crippen molar-refractivity contribution in [2.75, 3.05) is 25.1 Å². The summed E-state index contributed by atoms with van der Waals surface area (Å²) in [6, 6.07) is 18.1. The molecule has 1 aromatic heterocycles. The SMILES string of the molecule is Cc1nc(SCc2ccc(C(=O)NC[C@H]3CCCO3)cc2)nc(N(C)Cc2ccccc2)c1C. The van der Waals surface area contributed by atoms with Crippen LogP contribution in [0.5, 0.6) is 0 Å². The molecule has 0 radical (unpaired) electrons. The molecule has 7 heteroatoms. The Balaban J connectivity index is 1.35. The number of hydrogen-bond donors (Lipinski definition) is 1. The van der Waals surface area contributed by atoms with E-state index in [-0.39, 0.29) is 12.0 Å². The topological polar surface area (TPSA) is 67.3 Å². The molecule has 0 saturated carbocycles. The van der Waals surface area contributed by atoms with E-state index in [4.69, 9.17) is 14.7 Å². The van der Waals surface area contributed by atoms with Crippen molar-refractivity contribution in [3.63, 3.8) is 0 Å². The van der Waals surface area contributed by atoms with Gasteiger partial charge in [-0.15, -0.1) is 0 Å². The minimum atomic E-state index is -0.0571. The second-order valence-corrected chi connectivity index (χ2v) is 9.66. The minimum Gasteiger partial charge on any atom is -0.376 e. The first kappa shape index (κ1) is 24.2. The van der Waals surface area contributed by atoms with Gasteiger partial charge in [0.25, 0.3) is 5.91 Å². The normalized spacial score (nSPS) is 15.3. The fraction of sp³-hybridized carbons (Fsp3) is 0.370. The number of ether oxygens (including phenoxy) is 1. The van der Waals surface area contributed by atoms with Crippen LogP contribution in [-0.4, -0.2) is 42.2 Å². The highest BCUT2D eigenvalue weighted by Gasteiger charge is 2.17. The number of carbonyl (C=O) groups excluding carboxylic acids is 1. The molecule has 0 unspecified atom stereocenters. The number of carbonyl (C=O) groups is 1. The number of benzene rings is 2. The number of aromatic nitrogens is 2. The molecule has 0 spiro atoms. The van der Waals surface area contributed by atoms with Gasteiger partial charge < -0.3 is 15.0 Å². The third-order valence-corrected chi connectivity index (χ3v) is 6.98. The number of amides is 1. The number of aryl methyl sites for hydroxylation is 1. The van der Waals surface area contributed by atoms with Gasteiger partial charge in [-0.05, 0) is 49.9 Å². The highest BCUT2D eigenvalue weighted by Crippen LogP contribution is 2.26. The molecular weight excluding hydrogens is 444 g/mol. The van der Waals surface area contributed by atoms with Crippen LogP contribution in [0.2, 0.25) is 0 Å². The number of nitrogens with one attached hydrogen (secondary N) is 1. The molecule has 1 atom stereocenters. The van der Waals surface area contributed by atoms with Crippen LogP contribution in [0.1, 0.15) is 45.6 Å². The lowest BCUT2D eigenvalue weighted by atomic mass is 10.1. The second kappa shape index (κ2) is 11.5. The zero-order valence-corrected chi connectivity index (χ0v) is 20.9. The van der Waals surface area contributed by atoms with Gasteiger partial charge in [-0.3, -0.25) is 4.79 Å². The summed E-state index contributed by atoms with van der Waals surface area (Å²) in [4.78, 5) is 24.1. The van der Waals surface area contributed by atoms with Crippen molar-refractivity contribution in [1.82, 2.24) is 15.3 Å². The number of thioether (sulfide) groups is 1. The van der Waals surface area contributed by atoms with Crippen molar-refractivity contribution in [3.8, 4) is 0 Å². The first-order valence-electron chi connectivity index (χ1n) is 11.7. The van der Waals surface area contributed by atoms with Crippen LogP contribution in [0.15, 0.2) is 59.8 Å². The van der Waals surface area contributed by atoms with Gasteiger partial charge in [0, 0.05) is 49.3 Å². The van der Waals surface area contributed by atoms with E-state index < -0.39 is 0 Å². The van der Waals surface area contributed by atoms with Crippen molar-refractivity contribution in [2.45, 2.75) is 50.2 Å². The van der Waals surface area contributed by atoms with Crippen LogP contribution in [0.4, 0.5) is 5.82 Å². The molecule has 0 bridgehead atoms. The largest absolute Gasteiger partial charge is 0.376 e. The summed E-state index contributed by atoms with van der Waals surface area (Å²) < 4.78 is 5.57. The standard InChI is InChI=1S/C27H32N4O2S/c1-19-20(2)29-27(30-25(19)31(3)17-21-8-5-4-6-9-21)34-18-22-11-13-23(14-12-22)26(32)28-16-24-10-7-15-33-24/h4-6,8-9,11-14,24H,7,10,15-18H2,1-3H3,(H,28,32)/t24-/m1/s1. The third kappa shape index (κ3) is 6.36. The molecule has 2 heterocycles. The maximum Gasteiger partial charge on any atom is 0.251 e. The smallest absolute Gasteiger partial charge is 0.251 e. The molecule has 3 aromatic rings. The van der Waals surface area contributed by atoms with E-state index in [0.717, 1.165) is 59.5 Å². The van der Waals surface area contributed by atoms with Crippen molar-refractivity contribution < 1.29 is 9.53 Å². The number of nitrogens with zero attached hydrogens (tertiary/aromatic N) is 3. The quantitative estimate of drug-likeness (QED) is 0.349. The lowest BCUT2D eigenvalue weighted by Crippen LogP contribution is -2.31. The summed E-state index contributed by atoms with van der Waals surface area (Å²) in [5.74, 6) is 1.64. The van der Waals surface area contributed by atoms with Crippen LogP contribution in [0.3, 0.4) is 0 Å². The van der Waals surface area contributed by atoms with Crippen LogP contribution in [0.25, 0.3) is 0 Å². The maximum absolute atomic E-state index is 12.4. The number of rotatable bonds is 9. The van der Waals surface area contributed by atoms with Gasteiger partial charge in [-0.25, -0.2) is 9.97 Å². The zero-order valence-electron chi connectivity index (χ0n) is 20.1. The highest BCUT2D eigenvalue weighted by molar-refractivity contribution is 7.98. The van der Waals surface area contributed by atoms with Gasteiger partial charge in [0.05, 0.1) is 6.10 Å². The van der Waals surface area contributed by atoms with Crippen molar-refractivity contribution in [2.24, 2.45) is 0 Å². The van der Waals surface area contributed by atoms with E-state index >= 15 is 0 Å². The molecule has 4 rings (SSSR count). The average molecular weight is 477 g/mol. The molecule has 178 valence electrons. The first-order chi connectivity index (χ1) is 16.5. The lowest BCUT2D eigenvalue weighted by molar-refractivity contribution is 0.0858. The molecule has 1 aliphatic heterocycles. The molecule has 2 aromatic carbocycles. The monoisotopic (exact) mass is 476 g/mol. The van der Waals surface area contributed by atoms with Crippen LogP contribution >= 0.6 is 11.8 Å².